The van der Waals surface area contributed by atoms with Crippen LogP contribution in [-0.4, -0.2) is 52.3 Å². The molecule has 3 rings (SSSR count). The number of rotatable bonds is 8. The molecule has 2 heterocycles. The van der Waals surface area contributed by atoms with E-state index in [0.717, 1.165) is 6.08 Å². The highest BCUT2D eigenvalue weighted by Gasteiger charge is 2.32. The number of nitrogens with two attached hydrogens (primary N) is 2. The Balaban J connectivity index is 2.04. The quantitative estimate of drug-likeness (QED) is 0.411. The highest BCUT2D eigenvalue weighted by molar-refractivity contribution is 5.97. The number of nitrogen functional groups attached to an aromatic ring is 2. The van der Waals surface area contributed by atoms with E-state index in [1.807, 2.05) is 6.92 Å². The van der Waals surface area contributed by atoms with Crippen molar-refractivity contribution in [2.45, 2.75) is 26.7 Å². The number of nitrogens with zero attached hydrogens (tertiary/aromatic N) is 4. The van der Waals surface area contributed by atoms with Crippen LogP contribution in [-0.2, 0) is 16.0 Å². The lowest BCUT2D eigenvalue weighted by Gasteiger charge is -2.30. The normalized spacial score (nSPS) is 15.9. The summed E-state index contributed by atoms with van der Waals surface area (Å²) in [5, 5.41) is 13.1. The second kappa shape index (κ2) is 11.6. The second-order valence-corrected chi connectivity index (χ2v) is 8.42. The molecule has 2 amide bonds. The Morgan fingerprint density at radius 2 is 2.05 bits per heavy atom. The molecule has 2 aromatic rings. The van der Waals surface area contributed by atoms with Crippen molar-refractivity contribution in [2.24, 2.45) is 11.8 Å². The number of anilines is 3. The molecule has 37 heavy (non-hydrogen) atoms. The van der Waals surface area contributed by atoms with Gasteiger partial charge in [0.05, 0.1) is 12.8 Å². The van der Waals surface area contributed by atoms with Gasteiger partial charge in [0.15, 0.2) is 0 Å². The SMILES string of the molecule is CCc1nc(N)nc(N)c1-c1cnc(O)c(N(CCNC(=O)OC)C(=O)[C@@H](C)C2C=C(F)C=C(F)C2)c1. The standard InChI is InChI=1S/C24H29F2N7O4/c1-4-17-19(20(27)32-23(28)31-17)14-9-18(21(34)30-11-14)33(6-5-29-24(36)37-3)22(35)12(2)13-7-15(25)10-16(26)8-13/h7,9-13H,4-6,8H2,1-3H3,(H,29,36)(H,30,34)(H4,27,28,31,32)/t12-,13?/m0/s1. The van der Waals surface area contributed by atoms with Crippen molar-refractivity contribution in [3.05, 3.63) is 41.8 Å². The summed E-state index contributed by atoms with van der Waals surface area (Å²) in [5.41, 5.74) is 13.2. The number of hydrogen-bond acceptors (Lipinski definition) is 9. The Morgan fingerprint density at radius 3 is 2.70 bits per heavy atom. The zero-order valence-corrected chi connectivity index (χ0v) is 20.7. The first kappa shape index (κ1) is 27.3. The van der Waals surface area contributed by atoms with Crippen molar-refractivity contribution in [1.82, 2.24) is 20.3 Å². The Labute approximate surface area is 212 Å². The number of hydrogen-bond donors (Lipinski definition) is 4. The first-order chi connectivity index (χ1) is 17.5. The minimum absolute atomic E-state index is 0.00127. The van der Waals surface area contributed by atoms with Crippen LogP contribution in [0.25, 0.3) is 11.1 Å². The molecule has 0 aliphatic heterocycles. The molecule has 1 aliphatic rings. The number of methoxy groups -OCH3 is 1. The third-order valence-electron chi connectivity index (χ3n) is 5.98. The predicted octanol–water partition coefficient (Wildman–Crippen LogP) is 3.02. The maximum Gasteiger partial charge on any atom is 0.406 e. The number of alkyl carbamates (subject to hydrolysis) is 1. The number of aryl methyl sites for hydroxylation is 1. The Bertz CT molecular complexity index is 1250. The maximum atomic E-state index is 13.9. The fraction of sp³-hybridized carbons (Fsp3) is 0.375. The van der Waals surface area contributed by atoms with Gasteiger partial charge in [0, 0.05) is 48.8 Å². The van der Waals surface area contributed by atoms with E-state index in [-0.39, 0.29) is 37.0 Å². The largest absolute Gasteiger partial charge is 0.492 e. The lowest BCUT2D eigenvalue weighted by molar-refractivity contribution is -0.123. The highest BCUT2D eigenvalue weighted by atomic mass is 19.1. The number of amides is 2. The summed E-state index contributed by atoms with van der Waals surface area (Å²) in [6, 6.07) is 1.48. The second-order valence-electron chi connectivity index (χ2n) is 8.42. The van der Waals surface area contributed by atoms with Gasteiger partial charge in [-0.2, -0.15) is 4.98 Å². The Hall–Kier alpha value is -4.29. The summed E-state index contributed by atoms with van der Waals surface area (Å²) in [6.45, 7) is 3.22. The molecule has 0 aromatic carbocycles. The van der Waals surface area contributed by atoms with E-state index in [1.165, 1.54) is 37.3 Å². The van der Waals surface area contributed by atoms with Crippen LogP contribution < -0.4 is 21.7 Å². The van der Waals surface area contributed by atoms with Crippen molar-refractivity contribution < 1.29 is 28.2 Å². The fourth-order valence-electron chi connectivity index (χ4n) is 4.08. The van der Waals surface area contributed by atoms with Gasteiger partial charge in [0.1, 0.15) is 23.2 Å². The summed E-state index contributed by atoms with van der Waals surface area (Å²) in [5.74, 6) is -4.05. The molecule has 0 radical (unpaired) electrons. The average Bonchev–Trinajstić information content (AvgIpc) is 2.85. The van der Waals surface area contributed by atoms with Gasteiger partial charge in [0.25, 0.3) is 0 Å². The van der Waals surface area contributed by atoms with Crippen LogP contribution in [0.5, 0.6) is 5.88 Å². The minimum Gasteiger partial charge on any atom is -0.492 e. The lowest BCUT2D eigenvalue weighted by atomic mass is 9.86. The molecule has 2 aromatic heterocycles. The van der Waals surface area contributed by atoms with Crippen LogP contribution in [0.3, 0.4) is 0 Å². The van der Waals surface area contributed by atoms with Crippen molar-refractivity contribution >= 4 is 29.5 Å². The summed E-state index contributed by atoms with van der Waals surface area (Å²) in [6.07, 6.45) is 2.89. The zero-order valence-electron chi connectivity index (χ0n) is 20.7. The van der Waals surface area contributed by atoms with E-state index >= 15 is 0 Å². The van der Waals surface area contributed by atoms with Gasteiger partial charge in [-0.05, 0) is 24.5 Å². The molecule has 6 N–H and O–H groups in total. The summed E-state index contributed by atoms with van der Waals surface area (Å²) in [7, 11) is 1.19. The smallest absolute Gasteiger partial charge is 0.406 e. The van der Waals surface area contributed by atoms with Gasteiger partial charge in [-0.15, -0.1) is 0 Å². The van der Waals surface area contributed by atoms with E-state index in [1.54, 1.807) is 0 Å². The van der Waals surface area contributed by atoms with E-state index in [2.05, 4.69) is 25.0 Å². The molecule has 198 valence electrons. The number of pyridine rings is 1. The number of carbonyl (C=O) groups excluding carboxylic acids is 2. The topological polar surface area (TPSA) is 170 Å². The zero-order chi connectivity index (χ0) is 27.3. The monoisotopic (exact) mass is 517 g/mol. The number of nitrogens with one attached hydrogen (secondary N) is 1. The van der Waals surface area contributed by atoms with Gasteiger partial charge >= 0.3 is 6.09 Å². The molecule has 1 unspecified atom stereocenters. The molecule has 0 saturated carbocycles. The number of ether oxygens (including phenoxy) is 1. The van der Waals surface area contributed by atoms with Gasteiger partial charge in [-0.25, -0.2) is 23.5 Å². The molecule has 0 saturated heterocycles. The van der Waals surface area contributed by atoms with Gasteiger partial charge in [-0.1, -0.05) is 13.8 Å². The molecular weight excluding hydrogens is 488 g/mol. The van der Waals surface area contributed by atoms with Crippen LogP contribution in [0.2, 0.25) is 0 Å². The van der Waals surface area contributed by atoms with Crippen molar-refractivity contribution in [3.63, 3.8) is 0 Å². The summed E-state index contributed by atoms with van der Waals surface area (Å²) < 4.78 is 32.4. The van der Waals surface area contributed by atoms with E-state index in [9.17, 15) is 23.5 Å². The number of carbonyl (C=O) groups is 2. The predicted molar refractivity (Wildman–Crippen MR) is 134 cm³/mol. The summed E-state index contributed by atoms with van der Waals surface area (Å²) >= 11 is 0. The third kappa shape index (κ3) is 6.29. The molecule has 2 atom stereocenters. The van der Waals surface area contributed by atoms with E-state index < -0.39 is 41.4 Å². The van der Waals surface area contributed by atoms with Crippen molar-refractivity contribution in [2.75, 3.05) is 36.6 Å². The Morgan fingerprint density at radius 1 is 1.32 bits per heavy atom. The van der Waals surface area contributed by atoms with E-state index in [4.69, 9.17) is 11.5 Å². The van der Waals surface area contributed by atoms with Crippen LogP contribution in [0.1, 0.15) is 26.0 Å². The van der Waals surface area contributed by atoms with E-state index in [0.29, 0.717) is 23.2 Å². The molecule has 1 aliphatic carbocycles. The van der Waals surface area contributed by atoms with Gasteiger partial charge < -0.3 is 31.5 Å². The maximum absolute atomic E-state index is 13.9. The fourth-order valence-corrected chi connectivity index (χ4v) is 4.08. The van der Waals surface area contributed by atoms with Crippen molar-refractivity contribution in [3.8, 4) is 17.0 Å². The number of aromatic nitrogens is 3. The van der Waals surface area contributed by atoms with Crippen LogP contribution >= 0.6 is 0 Å². The number of allylic oxidation sites excluding steroid dienone is 4. The third-order valence-corrected chi connectivity index (χ3v) is 5.98. The van der Waals surface area contributed by atoms with Crippen molar-refractivity contribution in [1.29, 1.82) is 0 Å². The molecule has 0 bridgehead atoms. The first-order valence-corrected chi connectivity index (χ1v) is 11.5. The molecule has 13 heteroatoms. The van der Waals surface area contributed by atoms with Crippen LogP contribution in [0.4, 0.5) is 31.0 Å². The van der Waals surface area contributed by atoms with Crippen LogP contribution in [0, 0.1) is 11.8 Å². The van der Waals surface area contributed by atoms with Gasteiger partial charge in [0.2, 0.25) is 17.7 Å². The lowest BCUT2D eigenvalue weighted by Crippen LogP contribution is -2.43. The summed E-state index contributed by atoms with van der Waals surface area (Å²) in [4.78, 5) is 38.6. The highest BCUT2D eigenvalue weighted by Crippen LogP contribution is 2.37. The first-order valence-electron chi connectivity index (χ1n) is 11.5. The average molecular weight is 518 g/mol. The number of halogens is 2. The molecular formula is C24H29F2N7O4. The van der Waals surface area contributed by atoms with Gasteiger partial charge in [-0.3, -0.25) is 4.79 Å². The molecule has 11 nitrogen and oxygen atoms in total. The Kier molecular flexibility index (Phi) is 8.58. The van der Waals surface area contributed by atoms with Crippen LogP contribution in [0.15, 0.2) is 36.1 Å². The molecule has 0 spiro atoms. The molecule has 0 fully saturated rings. The number of aromatic hydroxyl groups is 1. The minimum atomic E-state index is -0.887.